The monoisotopic (exact) mass is 315 g/mol. The van der Waals surface area contributed by atoms with Gasteiger partial charge in [0, 0.05) is 18.0 Å². The number of hydrogen-bond donors (Lipinski definition) is 3. The molecule has 0 heterocycles. The van der Waals surface area contributed by atoms with Gasteiger partial charge in [-0.05, 0) is 26.0 Å². The van der Waals surface area contributed by atoms with Gasteiger partial charge < -0.3 is 14.8 Å². The highest BCUT2D eigenvalue weighted by molar-refractivity contribution is 7.81. The van der Waals surface area contributed by atoms with E-state index in [1.165, 1.54) is 0 Å². The van der Waals surface area contributed by atoms with Crippen molar-refractivity contribution in [2.24, 2.45) is 0 Å². The highest BCUT2D eigenvalue weighted by Gasteiger charge is 2.08. The summed E-state index contributed by atoms with van der Waals surface area (Å²) in [5, 5.41) is 2.96. The molecule has 2 unspecified atom stereocenters. The number of Topliss-reactive ketones (excluding diaryl/α,β-unsaturated/α-hetero) is 1. The minimum atomic E-state index is -0.316. The van der Waals surface area contributed by atoms with Crippen LogP contribution in [0.3, 0.4) is 0 Å². The van der Waals surface area contributed by atoms with E-state index in [0.717, 1.165) is 0 Å². The first-order valence-electron chi connectivity index (χ1n) is 6.47. The van der Waals surface area contributed by atoms with Gasteiger partial charge in [-0.15, -0.1) is 0 Å². The van der Waals surface area contributed by atoms with Gasteiger partial charge in [-0.25, -0.2) is 0 Å². The number of nitrogens with one attached hydrogen (secondary N) is 1. The Labute approximate surface area is 131 Å². The summed E-state index contributed by atoms with van der Waals surface area (Å²) in [4.78, 5) is 11.4. The summed E-state index contributed by atoms with van der Waals surface area (Å²) < 4.78 is 11.0. The van der Waals surface area contributed by atoms with Crippen molar-refractivity contribution in [1.82, 2.24) is 5.32 Å². The Morgan fingerprint density at radius 2 is 1.90 bits per heavy atom. The molecule has 0 aromatic heterocycles. The molecular formula is C14H21NO3S2. The molecule has 1 rings (SSSR count). The lowest BCUT2D eigenvalue weighted by Crippen LogP contribution is -2.26. The molecule has 1 aromatic carbocycles. The molecule has 0 bridgehead atoms. The number of hydrogen-bond acceptors (Lipinski definition) is 6. The van der Waals surface area contributed by atoms with E-state index < -0.39 is 0 Å². The number of thiol groups is 2. The number of carbonyl (C=O) groups is 1. The van der Waals surface area contributed by atoms with Crippen LogP contribution in [0.15, 0.2) is 24.3 Å². The van der Waals surface area contributed by atoms with Gasteiger partial charge >= 0.3 is 0 Å². The van der Waals surface area contributed by atoms with Crippen LogP contribution in [-0.4, -0.2) is 36.2 Å². The minimum Gasteiger partial charge on any atom is -0.492 e. The zero-order chi connectivity index (χ0) is 15.0. The average molecular weight is 315 g/mol. The third-order valence-electron chi connectivity index (χ3n) is 2.46. The fourth-order valence-corrected chi connectivity index (χ4v) is 1.57. The first-order chi connectivity index (χ1) is 9.49. The van der Waals surface area contributed by atoms with Crippen LogP contribution in [0, 0.1) is 0 Å². The normalized spacial score (nSPS) is 13.6. The third-order valence-corrected chi connectivity index (χ3v) is 2.93. The zero-order valence-corrected chi connectivity index (χ0v) is 13.5. The van der Waals surface area contributed by atoms with Crippen LogP contribution in [-0.2, 0) is 4.79 Å². The van der Waals surface area contributed by atoms with E-state index >= 15 is 0 Å². The smallest absolute Gasteiger partial charge is 0.182 e. The summed E-state index contributed by atoms with van der Waals surface area (Å²) in [7, 11) is 0. The number of benzene rings is 1. The Kier molecular flexibility index (Phi) is 7.87. The Morgan fingerprint density at radius 1 is 1.25 bits per heavy atom. The van der Waals surface area contributed by atoms with Crippen molar-refractivity contribution >= 4 is 31.0 Å². The standard InChI is InChI=1S/C14H21NO3S2/c1-10(19)14(16)9-18-13-5-3-4-12(8-13)17-7-6-15-11(2)20/h3-5,8,10-11,15,19-20H,6-7,9H2,1-2H3. The summed E-state index contributed by atoms with van der Waals surface area (Å²) in [6, 6.07) is 7.23. The molecule has 1 N–H and O–H groups in total. The molecule has 112 valence electrons. The van der Waals surface area contributed by atoms with Crippen LogP contribution in [0.25, 0.3) is 0 Å². The molecule has 0 saturated carbocycles. The van der Waals surface area contributed by atoms with E-state index in [1.807, 2.05) is 19.1 Å². The SMILES string of the molecule is CC(S)NCCOc1cccc(OCC(=O)C(C)S)c1. The first-order valence-corrected chi connectivity index (χ1v) is 7.50. The lowest BCUT2D eigenvalue weighted by atomic mass is 10.3. The highest BCUT2D eigenvalue weighted by Crippen LogP contribution is 2.19. The third kappa shape index (κ3) is 7.07. The average Bonchev–Trinajstić information content (AvgIpc) is 2.41. The molecular weight excluding hydrogens is 294 g/mol. The summed E-state index contributed by atoms with van der Waals surface area (Å²) in [6.45, 7) is 4.96. The van der Waals surface area contributed by atoms with E-state index in [0.29, 0.717) is 24.7 Å². The lowest BCUT2D eigenvalue weighted by Gasteiger charge is -2.11. The van der Waals surface area contributed by atoms with Gasteiger partial charge in [0.25, 0.3) is 0 Å². The second-order valence-corrected chi connectivity index (χ2v) is 5.93. The molecule has 6 heteroatoms. The van der Waals surface area contributed by atoms with E-state index in [4.69, 9.17) is 9.47 Å². The fraction of sp³-hybridized carbons (Fsp3) is 0.500. The number of ether oxygens (including phenoxy) is 2. The Bertz CT molecular complexity index is 425. The van der Waals surface area contributed by atoms with Crippen LogP contribution >= 0.6 is 25.3 Å². The summed E-state index contributed by atoms with van der Waals surface area (Å²) >= 11 is 8.28. The van der Waals surface area contributed by atoms with Crippen molar-refractivity contribution in [2.75, 3.05) is 19.8 Å². The van der Waals surface area contributed by atoms with E-state index in [1.54, 1.807) is 19.1 Å². The number of rotatable bonds is 9. The predicted octanol–water partition coefficient (Wildman–Crippen LogP) is 2.20. The summed E-state index contributed by atoms with van der Waals surface area (Å²) in [5.41, 5.74) is 0. The molecule has 0 aliphatic heterocycles. The quantitative estimate of drug-likeness (QED) is 0.371. The van der Waals surface area contributed by atoms with Crippen molar-refractivity contribution in [3.63, 3.8) is 0 Å². The molecule has 20 heavy (non-hydrogen) atoms. The van der Waals surface area contributed by atoms with Crippen molar-refractivity contribution in [1.29, 1.82) is 0 Å². The topological polar surface area (TPSA) is 47.6 Å². The van der Waals surface area contributed by atoms with Crippen LogP contribution in [0.1, 0.15) is 13.8 Å². The van der Waals surface area contributed by atoms with Crippen LogP contribution in [0.2, 0.25) is 0 Å². The maximum absolute atomic E-state index is 11.4. The molecule has 0 spiro atoms. The van der Waals surface area contributed by atoms with Crippen LogP contribution in [0.4, 0.5) is 0 Å². The van der Waals surface area contributed by atoms with Gasteiger partial charge in [-0.2, -0.15) is 25.3 Å². The molecule has 0 fully saturated rings. The highest BCUT2D eigenvalue weighted by atomic mass is 32.1. The predicted molar refractivity (Wildman–Crippen MR) is 87.3 cm³/mol. The van der Waals surface area contributed by atoms with Crippen LogP contribution < -0.4 is 14.8 Å². The van der Waals surface area contributed by atoms with Crippen molar-refractivity contribution in [3.8, 4) is 11.5 Å². The van der Waals surface area contributed by atoms with Crippen LogP contribution in [0.5, 0.6) is 11.5 Å². The second kappa shape index (κ2) is 9.15. The van der Waals surface area contributed by atoms with E-state index in [2.05, 4.69) is 30.6 Å². The van der Waals surface area contributed by atoms with Gasteiger partial charge in [0.15, 0.2) is 5.78 Å². The molecule has 2 atom stereocenters. The Morgan fingerprint density at radius 3 is 2.50 bits per heavy atom. The van der Waals surface area contributed by atoms with Crippen molar-refractivity contribution in [3.05, 3.63) is 24.3 Å². The largest absolute Gasteiger partial charge is 0.492 e. The van der Waals surface area contributed by atoms with Gasteiger partial charge in [0.1, 0.15) is 24.7 Å². The molecule has 4 nitrogen and oxygen atoms in total. The van der Waals surface area contributed by atoms with E-state index in [9.17, 15) is 4.79 Å². The Hall–Kier alpha value is -0.850. The number of ketones is 1. The molecule has 0 aliphatic rings. The Balaban J connectivity index is 2.39. The summed E-state index contributed by atoms with van der Waals surface area (Å²) in [5.74, 6) is 1.27. The fourth-order valence-electron chi connectivity index (χ4n) is 1.37. The second-order valence-electron chi connectivity index (χ2n) is 4.38. The van der Waals surface area contributed by atoms with Crippen molar-refractivity contribution < 1.29 is 14.3 Å². The lowest BCUT2D eigenvalue weighted by molar-refractivity contribution is -0.120. The number of carbonyl (C=O) groups excluding carboxylic acids is 1. The van der Waals surface area contributed by atoms with Gasteiger partial charge in [-0.3, -0.25) is 4.79 Å². The molecule has 0 saturated heterocycles. The maximum Gasteiger partial charge on any atom is 0.182 e. The molecule has 1 aromatic rings. The zero-order valence-electron chi connectivity index (χ0n) is 11.7. The summed E-state index contributed by atoms with van der Waals surface area (Å²) in [6.07, 6.45) is 0. The minimum absolute atomic E-state index is 0.0207. The van der Waals surface area contributed by atoms with Gasteiger partial charge in [0.05, 0.1) is 5.25 Å². The maximum atomic E-state index is 11.4. The van der Waals surface area contributed by atoms with Gasteiger partial charge in [0.2, 0.25) is 0 Å². The molecule has 0 amide bonds. The first kappa shape index (κ1) is 17.2. The van der Waals surface area contributed by atoms with Crippen molar-refractivity contribution in [2.45, 2.75) is 24.5 Å². The van der Waals surface area contributed by atoms with E-state index in [-0.39, 0.29) is 23.0 Å². The molecule has 0 aliphatic carbocycles. The molecule has 0 radical (unpaired) electrons. The van der Waals surface area contributed by atoms with Gasteiger partial charge in [-0.1, -0.05) is 6.07 Å².